The fourth-order valence-electron chi connectivity index (χ4n) is 2.08. The van der Waals surface area contributed by atoms with Gasteiger partial charge in [0.05, 0.1) is 0 Å². The van der Waals surface area contributed by atoms with Crippen molar-refractivity contribution in [3.8, 4) is 0 Å². The summed E-state index contributed by atoms with van der Waals surface area (Å²) in [6, 6.07) is 14.3. The Morgan fingerprint density at radius 3 is 2.65 bits per heavy atom. The Balaban J connectivity index is 1.71. The SMILES string of the molecule is Cc1ccccc1Sc1ccc(CNC2CC2)cc1F. The van der Waals surface area contributed by atoms with E-state index < -0.39 is 0 Å². The zero-order valence-electron chi connectivity index (χ0n) is 11.5. The first-order valence-corrected chi connectivity index (χ1v) is 7.79. The zero-order chi connectivity index (χ0) is 13.9. The third kappa shape index (κ3) is 3.41. The van der Waals surface area contributed by atoms with E-state index in [2.05, 4.69) is 5.32 Å². The van der Waals surface area contributed by atoms with Crippen molar-refractivity contribution in [2.24, 2.45) is 0 Å². The summed E-state index contributed by atoms with van der Waals surface area (Å²) < 4.78 is 14.2. The van der Waals surface area contributed by atoms with Crippen LogP contribution in [0.1, 0.15) is 24.0 Å². The lowest BCUT2D eigenvalue weighted by atomic mass is 10.2. The van der Waals surface area contributed by atoms with Gasteiger partial charge in [0.2, 0.25) is 0 Å². The van der Waals surface area contributed by atoms with E-state index in [4.69, 9.17) is 0 Å². The highest BCUT2D eigenvalue weighted by Gasteiger charge is 2.20. The van der Waals surface area contributed by atoms with Crippen LogP contribution in [0, 0.1) is 12.7 Å². The van der Waals surface area contributed by atoms with Gasteiger partial charge in [-0.3, -0.25) is 0 Å². The largest absolute Gasteiger partial charge is 0.310 e. The predicted molar refractivity (Wildman–Crippen MR) is 81.6 cm³/mol. The minimum absolute atomic E-state index is 0.131. The average molecular weight is 287 g/mol. The Bertz CT molecular complexity index is 608. The lowest BCUT2D eigenvalue weighted by molar-refractivity contribution is 0.595. The maximum absolute atomic E-state index is 14.2. The van der Waals surface area contributed by atoms with E-state index in [0.717, 1.165) is 17.0 Å². The smallest absolute Gasteiger partial charge is 0.137 e. The molecule has 3 rings (SSSR count). The first kappa shape index (κ1) is 13.7. The fourth-order valence-corrected chi connectivity index (χ4v) is 2.98. The molecule has 0 aromatic heterocycles. The monoisotopic (exact) mass is 287 g/mol. The summed E-state index contributed by atoms with van der Waals surface area (Å²) >= 11 is 1.49. The summed E-state index contributed by atoms with van der Waals surface area (Å²) in [7, 11) is 0. The van der Waals surface area contributed by atoms with E-state index in [-0.39, 0.29) is 5.82 Å². The second-order valence-electron chi connectivity index (χ2n) is 5.29. The van der Waals surface area contributed by atoms with Crippen LogP contribution in [0.15, 0.2) is 52.3 Å². The molecule has 3 heteroatoms. The maximum Gasteiger partial charge on any atom is 0.137 e. The molecule has 1 aliphatic carbocycles. The molecule has 2 aromatic rings. The van der Waals surface area contributed by atoms with Gasteiger partial charge in [-0.2, -0.15) is 0 Å². The summed E-state index contributed by atoms with van der Waals surface area (Å²) in [6.45, 7) is 2.81. The fraction of sp³-hybridized carbons (Fsp3) is 0.294. The third-order valence-electron chi connectivity index (χ3n) is 3.48. The molecule has 1 aliphatic rings. The molecule has 20 heavy (non-hydrogen) atoms. The van der Waals surface area contributed by atoms with E-state index in [0.29, 0.717) is 10.9 Å². The van der Waals surface area contributed by atoms with Gasteiger partial charge in [0, 0.05) is 22.4 Å². The van der Waals surface area contributed by atoms with E-state index >= 15 is 0 Å². The second kappa shape index (κ2) is 5.98. The van der Waals surface area contributed by atoms with E-state index in [1.165, 1.54) is 30.2 Å². The number of rotatable bonds is 5. The molecule has 0 amide bonds. The molecule has 1 N–H and O–H groups in total. The van der Waals surface area contributed by atoms with Crippen LogP contribution in [0.3, 0.4) is 0 Å². The summed E-state index contributed by atoms with van der Waals surface area (Å²) in [5, 5.41) is 3.40. The number of aryl methyl sites for hydroxylation is 1. The number of nitrogens with one attached hydrogen (secondary N) is 1. The molecule has 1 saturated carbocycles. The minimum Gasteiger partial charge on any atom is -0.310 e. The highest BCUT2D eigenvalue weighted by atomic mass is 32.2. The van der Waals surface area contributed by atoms with E-state index in [1.54, 1.807) is 6.07 Å². The van der Waals surface area contributed by atoms with E-state index in [1.807, 2.05) is 43.3 Å². The van der Waals surface area contributed by atoms with Crippen LogP contribution in [-0.2, 0) is 6.54 Å². The molecular formula is C17H18FNS. The van der Waals surface area contributed by atoms with Gasteiger partial charge < -0.3 is 5.32 Å². The number of hydrogen-bond acceptors (Lipinski definition) is 2. The van der Waals surface area contributed by atoms with Crippen LogP contribution in [0.4, 0.5) is 4.39 Å². The molecule has 0 radical (unpaired) electrons. The van der Waals surface area contributed by atoms with Gasteiger partial charge in [0.15, 0.2) is 0 Å². The van der Waals surface area contributed by atoms with Crippen molar-refractivity contribution < 1.29 is 4.39 Å². The summed E-state index contributed by atoms with van der Waals surface area (Å²) in [5.41, 5.74) is 2.19. The lowest BCUT2D eigenvalue weighted by Gasteiger charge is -2.08. The van der Waals surface area contributed by atoms with Gasteiger partial charge in [-0.25, -0.2) is 4.39 Å². The van der Waals surface area contributed by atoms with Gasteiger partial charge in [0.25, 0.3) is 0 Å². The molecule has 0 saturated heterocycles. The zero-order valence-corrected chi connectivity index (χ0v) is 12.3. The maximum atomic E-state index is 14.2. The molecule has 0 spiro atoms. The quantitative estimate of drug-likeness (QED) is 0.866. The second-order valence-corrected chi connectivity index (χ2v) is 6.37. The number of halogens is 1. The van der Waals surface area contributed by atoms with Crippen LogP contribution in [0.25, 0.3) is 0 Å². The van der Waals surface area contributed by atoms with Crippen LogP contribution in [-0.4, -0.2) is 6.04 Å². The van der Waals surface area contributed by atoms with Crippen molar-refractivity contribution >= 4 is 11.8 Å². The van der Waals surface area contributed by atoms with Crippen molar-refractivity contribution in [2.75, 3.05) is 0 Å². The summed E-state index contributed by atoms with van der Waals surface area (Å²) in [6.07, 6.45) is 2.51. The minimum atomic E-state index is -0.131. The van der Waals surface area contributed by atoms with Gasteiger partial charge in [0.1, 0.15) is 5.82 Å². The molecule has 0 heterocycles. The Labute approximate surface area is 123 Å². The van der Waals surface area contributed by atoms with E-state index in [9.17, 15) is 4.39 Å². The third-order valence-corrected chi connectivity index (χ3v) is 4.71. The normalized spacial score (nSPS) is 14.5. The average Bonchev–Trinajstić information content (AvgIpc) is 3.26. The molecule has 0 atom stereocenters. The van der Waals surface area contributed by atoms with Crippen molar-refractivity contribution in [2.45, 2.75) is 42.1 Å². The molecule has 1 fully saturated rings. The number of hydrogen-bond donors (Lipinski definition) is 1. The summed E-state index contributed by atoms with van der Waals surface area (Å²) in [4.78, 5) is 1.80. The molecule has 0 unspecified atom stereocenters. The predicted octanol–water partition coefficient (Wildman–Crippen LogP) is 4.54. The van der Waals surface area contributed by atoms with Gasteiger partial charge in [-0.05, 0) is 49.1 Å². The van der Waals surface area contributed by atoms with Crippen molar-refractivity contribution in [1.82, 2.24) is 5.32 Å². The van der Waals surface area contributed by atoms with Gasteiger partial charge in [-0.1, -0.05) is 36.0 Å². The first-order chi connectivity index (χ1) is 9.72. The Morgan fingerprint density at radius 1 is 1.15 bits per heavy atom. The summed E-state index contributed by atoms with van der Waals surface area (Å²) in [5.74, 6) is -0.131. The standard InChI is InChI=1S/C17H18FNS/c1-12-4-2-3-5-16(12)20-17-9-6-13(10-15(17)18)11-19-14-7-8-14/h2-6,9-10,14,19H,7-8,11H2,1H3. The lowest BCUT2D eigenvalue weighted by Crippen LogP contribution is -2.15. The highest BCUT2D eigenvalue weighted by molar-refractivity contribution is 7.99. The number of benzene rings is 2. The molecule has 1 nitrogen and oxygen atoms in total. The Hall–Kier alpha value is -1.32. The molecular weight excluding hydrogens is 269 g/mol. The van der Waals surface area contributed by atoms with Crippen LogP contribution < -0.4 is 5.32 Å². The van der Waals surface area contributed by atoms with Gasteiger partial charge in [-0.15, -0.1) is 0 Å². The van der Waals surface area contributed by atoms with Crippen molar-refractivity contribution in [3.05, 3.63) is 59.4 Å². The molecule has 0 aliphatic heterocycles. The topological polar surface area (TPSA) is 12.0 Å². The van der Waals surface area contributed by atoms with Crippen LogP contribution >= 0.6 is 11.8 Å². The first-order valence-electron chi connectivity index (χ1n) is 6.97. The Kier molecular flexibility index (Phi) is 4.08. The van der Waals surface area contributed by atoms with Crippen molar-refractivity contribution in [3.63, 3.8) is 0 Å². The van der Waals surface area contributed by atoms with Crippen molar-refractivity contribution in [1.29, 1.82) is 0 Å². The van der Waals surface area contributed by atoms with Crippen LogP contribution in [0.2, 0.25) is 0 Å². The Morgan fingerprint density at radius 2 is 1.95 bits per heavy atom. The highest BCUT2D eigenvalue weighted by Crippen LogP contribution is 2.32. The molecule has 104 valence electrons. The molecule has 2 aromatic carbocycles. The molecule has 0 bridgehead atoms. The van der Waals surface area contributed by atoms with Crippen LogP contribution in [0.5, 0.6) is 0 Å². The van der Waals surface area contributed by atoms with Gasteiger partial charge >= 0.3 is 0 Å².